The first-order chi connectivity index (χ1) is 12.2. The Morgan fingerprint density at radius 3 is 2.68 bits per heavy atom. The van der Waals surface area contributed by atoms with E-state index in [4.69, 9.17) is 14.3 Å². The van der Waals surface area contributed by atoms with E-state index in [-0.39, 0.29) is 11.6 Å². The maximum atomic E-state index is 12.1. The lowest BCUT2D eigenvalue weighted by Gasteiger charge is -2.13. The van der Waals surface area contributed by atoms with Gasteiger partial charge in [-0.2, -0.15) is 0 Å². The number of hydrogen-bond acceptors (Lipinski definition) is 5. The molecule has 130 valence electrons. The van der Waals surface area contributed by atoms with Crippen LogP contribution in [0, 0.1) is 0 Å². The summed E-state index contributed by atoms with van der Waals surface area (Å²) in [5.41, 5.74) is 0.640. The standard InChI is InChI=1S/C19H20N2O4/c1-4-12-24-14-8-7-9-15(13-14)25-17-11-6-5-10-16(17)18(21-23-3)19(22)20-2/h4-11,13H,1,12H2,2-3H3,(H,20,22)/b21-18-. The largest absolute Gasteiger partial charge is 0.489 e. The van der Waals surface area contributed by atoms with Crippen LogP contribution in [0.25, 0.3) is 0 Å². The maximum absolute atomic E-state index is 12.1. The number of para-hydroxylation sites is 1. The first-order valence-corrected chi connectivity index (χ1v) is 7.63. The van der Waals surface area contributed by atoms with Gasteiger partial charge in [-0.15, -0.1) is 0 Å². The SMILES string of the molecule is C=CCOc1cccc(Oc2ccccc2/C(=N/OC)C(=O)NC)c1. The summed E-state index contributed by atoms with van der Waals surface area (Å²) in [4.78, 5) is 16.9. The average Bonchev–Trinajstić information content (AvgIpc) is 2.65. The number of benzene rings is 2. The number of nitrogens with zero attached hydrogens (tertiary/aromatic N) is 1. The molecule has 2 aromatic carbocycles. The minimum Gasteiger partial charge on any atom is -0.489 e. The Labute approximate surface area is 146 Å². The molecule has 0 saturated heterocycles. The number of carbonyl (C=O) groups is 1. The first-order valence-electron chi connectivity index (χ1n) is 7.63. The number of hydrogen-bond donors (Lipinski definition) is 1. The quantitative estimate of drug-likeness (QED) is 0.455. The topological polar surface area (TPSA) is 69.1 Å². The fourth-order valence-electron chi connectivity index (χ4n) is 2.08. The van der Waals surface area contributed by atoms with Crippen molar-refractivity contribution in [1.29, 1.82) is 0 Å². The predicted molar refractivity (Wildman–Crippen MR) is 96.3 cm³/mol. The first kappa shape index (κ1) is 18.1. The fourth-order valence-corrected chi connectivity index (χ4v) is 2.08. The molecule has 0 atom stereocenters. The Morgan fingerprint density at radius 2 is 1.96 bits per heavy atom. The highest BCUT2D eigenvalue weighted by Crippen LogP contribution is 2.28. The van der Waals surface area contributed by atoms with E-state index in [2.05, 4.69) is 17.1 Å². The van der Waals surface area contributed by atoms with Crippen molar-refractivity contribution in [3.63, 3.8) is 0 Å². The summed E-state index contributed by atoms with van der Waals surface area (Å²) in [5, 5.41) is 6.35. The number of oxime groups is 1. The Kier molecular flexibility index (Phi) is 6.59. The Hall–Kier alpha value is -3.28. The van der Waals surface area contributed by atoms with Gasteiger partial charge < -0.3 is 19.6 Å². The van der Waals surface area contributed by atoms with E-state index in [1.165, 1.54) is 14.2 Å². The number of amides is 1. The van der Waals surface area contributed by atoms with Crippen LogP contribution in [0.1, 0.15) is 5.56 Å². The fraction of sp³-hybridized carbons (Fsp3) is 0.158. The van der Waals surface area contributed by atoms with E-state index < -0.39 is 0 Å². The molecule has 1 amide bonds. The van der Waals surface area contributed by atoms with E-state index in [9.17, 15) is 4.79 Å². The minimum atomic E-state index is -0.374. The third-order valence-corrected chi connectivity index (χ3v) is 3.17. The molecular formula is C19H20N2O4. The summed E-state index contributed by atoms with van der Waals surface area (Å²) < 4.78 is 11.4. The number of likely N-dealkylation sites (N-methyl/N-ethyl adjacent to an activating group) is 1. The predicted octanol–water partition coefficient (Wildman–Crippen LogP) is 3.14. The lowest BCUT2D eigenvalue weighted by atomic mass is 10.1. The monoisotopic (exact) mass is 340 g/mol. The smallest absolute Gasteiger partial charge is 0.273 e. The van der Waals surface area contributed by atoms with Crippen molar-refractivity contribution in [2.45, 2.75) is 0 Å². The highest BCUT2D eigenvalue weighted by molar-refractivity contribution is 6.45. The second-order valence-corrected chi connectivity index (χ2v) is 4.87. The molecule has 0 heterocycles. The summed E-state index contributed by atoms with van der Waals surface area (Å²) in [7, 11) is 2.91. The normalized spacial score (nSPS) is 10.7. The van der Waals surface area contributed by atoms with Crippen LogP contribution < -0.4 is 14.8 Å². The van der Waals surface area contributed by atoms with Gasteiger partial charge >= 0.3 is 0 Å². The van der Waals surface area contributed by atoms with Crippen LogP contribution in [-0.4, -0.2) is 32.4 Å². The van der Waals surface area contributed by atoms with Crippen LogP contribution in [0.4, 0.5) is 0 Å². The number of carbonyl (C=O) groups excluding carboxylic acids is 1. The lowest BCUT2D eigenvalue weighted by Crippen LogP contribution is -2.28. The molecule has 2 rings (SSSR count). The van der Waals surface area contributed by atoms with Gasteiger partial charge in [0.25, 0.3) is 5.91 Å². The van der Waals surface area contributed by atoms with Crippen molar-refractivity contribution >= 4 is 11.6 Å². The number of nitrogens with one attached hydrogen (secondary N) is 1. The zero-order valence-corrected chi connectivity index (χ0v) is 14.2. The molecule has 6 nitrogen and oxygen atoms in total. The Bertz CT molecular complexity index is 772. The van der Waals surface area contributed by atoms with Gasteiger partial charge in [0.05, 0.1) is 5.56 Å². The van der Waals surface area contributed by atoms with E-state index in [0.29, 0.717) is 29.4 Å². The summed E-state index contributed by atoms with van der Waals surface area (Å²) in [6.07, 6.45) is 1.67. The van der Waals surface area contributed by atoms with Gasteiger partial charge in [-0.3, -0.25) is 4.79 Å². The van der Waals surface area contributed by atoms with Gasteiger partial charge in [0, 0.05) is 13.1 Å². The molecule has 0 aliphatic rings. The van der Waals surface area contributed by atoms with Crippen molar-refractivity contribution in [2.75, 3.05) is 20.8 Å². The van der Waals surface area contributed by atoms with Gasteiger partial charge in [0.1, 0.15) is 31.0 Å². The van der Waals surface area contributed by atoms with E-state index in [0.717, 1.165) is 0 Å². The van der Waals surface area contributed by atoms with Crippen LogP contribution in [-0.2, 0) is 9.63 Å². The molecule has 0 saturated carbocycles. The summed E-state index contributed by atoms with van der Waals surface area (Å²) in [6, 6.07) is 14.3. The van der Waals surface area contributed by atoms with Crippen molar-refractivity contribution < 1.29 is 19.1 Å². The molecule has 6 heteroatoms. The minimum absolute atomic E-state index is 0.125. The molecule has 0 fully saturated rings. The maximum Gasteiger partial charge on any atom is 0.273 e. The number of ether oxygens (including phenoxy) is 2. The zero-order chi connectivity index (χ0) is 18.1. The van der Waals surface area contributed by atoms with E-state index in [1.54, 1.807) is 36.4 Å². The highest BCUT2D eigenvalue weighted by atomic mass is 16.6. The van der Waals surface area contributed by atoms with Crippen LogP contribution in [0.2, 0.25) is 0 Å². The molecule has 0 aromatic heterocycles. The van der Waals surface area contributed by atoms with Crippen molar-refractivity contribution in [3.8, 4) is 17.2 Å². The Balaban J connectivity index is 2.33. The van der Waals surface area contributed by atoms with Crippen molar-refractivity contribution in [1.82, 2.24) is 5.32 Å². The lowest BCUT2D eigenvalue weighted by molar-refractivity contribution is -0.114. The highest BCUT2D eigenvalue weighted by Gasteiger charge is 2.18. The van der Waals surface area contributed by atoms with Gasteiger partial charge in [0.2, 0.25) is 0 Å². The van der Waals surface area contributed by atoms with Gasteiger partial charge in [-0.25, -0.2) is 0 Å². The van der Waals surface area contributed by atoms with Crippen LogP contribution in [0.5, 0.6) is 17.2 Å². The summed E-state index contributed by atoms with van der Waals surface area (Å²) >= 11 is 0. The molecule has 0 radical (unpaired) electrons. The molecular weight excluding hydrogens is 320 g/mol. The molecule has 0 aliphatic carbocycles. The van der Waals surface area contributed by atoms with Crippen molar-refractivity contribution in [3.05, 3.63) is 66.7 Å². The third kappa shape index (κ3) is 4.84. The molecule has 0 bridgehead atoms. The molecule has 0 unspecified atom stereocenters. The molecule has 2 aromatic rings. The molecule has 25 heavy (non-hydrogen) atoms. The Morgan fingerprint density at radius 1 is 1.20 bits per heavy atom. The van der Waals surface area contributed by atoms with Gasteiger partial charge in [-0.05, 0) is 24.3 Å². The van der Waals surface area contributed by atoms with Crippen LogP contribution in [0.3, 0.4) is 0 Å². The van der Waals surface area contributed by atoms with E-state index in [1.807, 2.05) is 18.2 Å². The molecule has 0 spiro atoms. The number of rotatable bonds is 8. The second-order valence-electron chi connectivity index (χ2n) is 4.87. The summed E-state index contributed by atoms with van der Waals surface area (Å²) in [5.74, 6) is 1.33. The molecule has 1 N–H and O–H groups in total. The average molecular weight is 340 g/mol. The second kappa shape index (κ2) is 9.12. The van der Waals surface area contributed by atoms with Crippen LogP contribution in [0.15, 0.2) is 66.3 Å². The van der Waals surface area contributed by atoms with E-state index >= 15 is 0 Å². The third-order valence-electron chi connectivity index (χ3n) is 3.17. The zero-order valence-electron chi connectivity index (χ0n) is 14.2. The van der Waals surface area contributed by atoms with Crippen LogP contribution >= 0.6 is 0 Å². The summed E-state index contributed by atoms with van der Waals surface area (Å²) in [6.45, 7) is 4.02. The van der Waals surface area contributed by atoms with Crippen molar-refractivity contribution in [2.24, 2.45) is 5.16 Å². The van der Waals surface area contributed by atoms with Gasteiger partial charge in [-0.1, -0.05) is 36.0 Å². The van der Waals surface area contributed by atoms with Gasteiger partial charge in [0.15, 0.2) is 5.71 Å². The molecule has 0 aliphatic heterocycles.